The Kier molecular flexibility index (Phi) is 5.87. The number of pyridine rings is 1. The highest BCUT2D eigenvalue weighted by atomic mass is 19.4. The maximum Gasteiger partial charge on any atom is 0.573 e. The molecule has 0 radical (unpaired) electrons. The van der Waals surface area contributed by atoms with Crippen LogP contribution in [-0.4, -0.2) is 24.4 Å². The van der Waals surface area contributed by atoms with Gasteiger partial charge in [0.15, 0.2) is 0 Å². The molecule has 0 spiro atoms. The van der Waals surface area contributed by atoms with Crippen molar-refractivity contribution in [1.82, 2.24) is 4.98 Å². The van der Waals surface area contributed by atoms with E-state index in [0.29, 0.717) is 17.1 Å². The summed E-state index contributed by atoms with van der Waals surface area (Å²) in [6.07, 6.45) is -3.27. The monoisotopic (exact) mass is 403 g/mol. The van der Waals surface area contributed by atoms with Crippen LogP contribution in [0.1, 0.15) is 10.4 Å². The molecular weight excluding hydrogens is 387 g/mol. The Morgan fingerprint density at radius 1 is 1.00 bits per heavy atom. The van der Waals surface area contributed by atoms with Gasteiger partial charge in [0.05, 0.1) is 18.4 Å². The van der Waals surface area contributed by atoms with Crippen molar-refractivity contribution in [2.24, 2.45) is 0 Å². The Morgan fingerprint density at radius 3 is 2.41 bits per heavy atom. The lowest BCUT2D eigenvalue weighted by molar-refractivity contribution is -0.274. The lowest BCUT2D eigenvalue weighted by Gasteiger charge is -2.13. The van der Waals surface area contributed by atoms with E-state index in [2.05, 4.69) is 20.4 Å². The highest BCUT2D eigenvalue weighted by Crippen LogP contribution is 2.27. The molecule has 0 saturated heterocycles. The molecule has 6 nitrogen and oxygen atoms in total. The smallest absolute Gasteiger partial charge is 0.495 e. The number of methoxy groups -OCH3 is 1. The van der Waals surface area contributed by atoms with Crippen LogP contribution < -0.4 is 20.1 Å². The number of para-hydroxylation sites is 2. The summed E-state index contributed by atoms with van der Waals surface area (Å²) in [4.78, 5) is 16.9. The minimum absolute atomic E-state index is 0.240. The summed E-state index contributed by atoms with van der Waals surface area (Å²) in [5, 5.41) is 5.67. The molecule has 0 fully saturated rings. The van der Waals surface area contributed by atoms with Crippen LogP contribution in [0.5, 0.6) is 11.5 Å². The van der Waals surface area contributed by atoms with E-state index in [-0.39, 0.29) is 17.1 Å². The fraction of sp³-hybridized carbons (Fsp3) is 0.100. The summed E-state index contributed by atoms with van der Waals surface area (Å²) >= 11 is 0. The van der Waals surface area contributed by atoms with Crippen LogP contribution in [0.4, 0.5) is 30.4 Å². The van der Waals surface area contributed by atoms with Gasteiger partial charge in [-0.1, -0.05) is 12.1 Å². The van der Waals surface area contributed by atoms with Crippen molar-refractivity contribution in [1.29, 1.82) is 0 Å². The second-order valence-corrected chi connectivity index (χ2v) is 5.75. The number of alkyl halides is 3. The Morgan fingerprint density at radius 2 is 1.72 bits per heavy atom. The zero-order valence-electron chi connectivity index (χ0n) is 15.2. The van der Waals surface area contributed by atoms with Crippen molar-refractivity contribution in [2.75, 3.05) is 17.7 Å². The van der Waals surface area contributed by atoms with Gasteiger partial charge in [0.2, 0.25) is 0 Å². The third kappa shape index (κ3) is 5.38. The van der Waals surface area contributed by atoms with Gasteiger partial charge in [0, 0.05) is 11.9 Å². The van der Waals surface area contributed by atoms with Crippen molar-refractivity contribution < 1.29 is 27.4 Å². The van der Waals surface area contributed by atoms with Crippen molar-refractivity contribution in [2.45, 2.75) is 6.36 Å². The number of ether oxygens (including phenoxy) is 2. The van der Waals surface area contributed by atoms with Gasteiger partial charge in [-0.05, 0) is 48.5 Å². The molecule has 9 heteroatoms. The number of anilines is 3. The first-order valence-electron chi connectivity index (χ1n) is 8.38. The van der Waals surface area contributed by atoms with Crippen LogP contribution in [0.15, 0.2) is 66.9 Å². The zero-order valence-corrected chi connectivity index (χ0v) is 15.2. The maximum absolute atomic E-state index is 12.7. The van der Waals surface area contributed by atoms with Crippen molar-refractivity contribution in [3.05, 3.63) is 72.4 Å². The summed E-state index contributed by atoms with van der Waals surface area (Å²) in [7, 11) is 1.49. The van der Waals surface area contributed by atoms with Gasteiger partial charge in [-0.15, -0.1) is 13.2 Å². The second-order valence-electron chi connectivity index (χ2n) is 5.75. The van der Waals surface area contributed by atoms with Gasteiger partial charge < -0.3 is 20.1 Å². The second kappa shape index (κ2) is 8.51. The Bertz CT molecular complexity index is 992. The molecule has 0 saturated carbocycles. The number of carbonyl (C=O) groups excluding carboxylic acids is 1. The van der Waals surface area contributed by atoms with E-state index in [1.807, 2.05) is 0 Å². The van der Waals surface area contributed by atoms with Gasteiger partial charge in [-0.2, -0.15) is 0 Å². The number of aromatic nitrogens is 1. The fourth-order valence-corrected chi connectivity index (χ4v) is 2.50. The number of rotatable bonds is 6. The molecule has 29 heavy (non-hydrogen) atoms. The summed E-state index contributed by atoms with van der Waals surface area (Å²) < 4.78 is 45.8. The Labute approximate surface area is 164 Å². The number of carbonyl (C=O) groups is 1. The van der Waals surface area contributed by atoms with E-state index in [9.17, 15) is 18.0 Å². The molecule has 3 rings (SSSR count). The van der Waals surface area contributed by atoms with E-state index in [0.717, 1.165) is 12.1 Å². The van der Waals surface area contributed by atoms with E-state index >= 15 is 0 Å². The Balaban J connectivity index is 1.77. The predicted molar refractivity (Wildman–Crippen MR) is 102 cm³/mol. The van der Waals surface area contributed by atoms with Crippen LogP contribution in [0.25, 0.3) is 0 Å². The number of hydrogen-bond acceptors (Lipinski definition) is 5. The van der Waals surface area contributed by atoms with Gasteiger partial charge >= 0.3 is 6.36 Å². The fourth-order valence-electron chi connectivity index (χ4n) is 2.50. The molecule has 2 N–H and O–H groups in total. The highest BCUT2D eigenvalue weighted by Gasteiger charge is 2.31. The van der Waals surface area contributed by atoms with E-state index in [4.69, 9.17) is 4.74 Å². The largest absolute Gasteiger partial charge is 0.573 e. The van der Waals surface area contributed by atoms with Crippen LogP contribution in [0.2, 0.25) is 0 Å². The molecule has 1 heterocycles. The summed E-state index contributed by atoms with van der Waals surface area (Å²) in [5.74, 6) is -0.0378. The molecule has 0 aliphatic carbocycles. The summed E-state index contributed by atoms with van der Waals surface area (Å²) in [5.41, 5.74) is 1.17. The van der Waals surface area contributed by atoms with Crippen LogP contribution in [0, 0.1) is 0 Å². The summed E-state index contributed by atoms with van der Waals surface area (Å²) in [6, 6.07) is 15.2. The number of nitrogens with one attached hydrogen (secondary N) is 2. The third-order valence-corrected chi connectivity index (χ3v) is 3.76. The lowest BCUT2D eigenvalue weighted by atomic mass is 10.2. The van der Waals surface area contributed by atoms with Crippen LogP contribution in [0.3, 0.4) is 0 Å². The molecule has 0 aliphatic rings. The standard InChI is InChI=1S/C20H16F3N3O3/c1-28-17-7-3-2-6-16(17)26-19(27)15-5-4-12-24-18(15)25-13-8-10-14(11-9-13)29-20(21,22)23/h2-12H,1H3,(H,24,25)(H,26,27). The normalized spacial score (nSPS) is 10.9. The average molecular weight is 403 g/mol. The Hall–Kier alpha value is -3.75. The van der Waals surface area contributed by atoms with Gasteiger partial charge in [-0.25, -0.2) is 4.98 Å². The van der Waals surface area contributed by atoms with E-state index < -0.39 is 12.3 Å². The van der Waals surface area contributed by atoms with E-state index in [1.165, 1.54) is 25.4 Å². The zero-order chi connectivity index (χ0) is 20.9. The van der Waals surface area contributed by atoms with E-state index in [1.54, 1.807) is 36.4 Å². The molecule has 3 aromatic rings. The predicted octanol–water partition coefficient (Wildman–Crippen LogP) is 4.98. The lowest BCUT2D eigenvalue weighted by Crippen LogP contribution is -2.17. The molecule has 0 aliphatic heterocycles. The quantitative estimate of drug-likeness (QED) is 0.607. The molecule has 0 bridgehead atoms. The molecule has 1 aromatic heterocycles. The van der Waals surface area contributed by atoms with Gasteiger partial charge in [0.1, 0.15) is 17.3 Å². The summed E-state index contributed by atoms with van der Waals surface area (Å²) in [6.45, 7) is 0. The first kappa shape index (κ1) is 20.0. The molecular formula is C20H16F3N3O3. The number of benzene rings is 2. The topological polar surface area (TPSA) is 72.5 Å². The molecule has 150 valence electrons. The maximum atomic E-state index is 12.7. The minimum Gasteiger partial charge on any atom is -0.495 e. The highest BCUT2D eigenvalue weighted by molar-refractivity contribution is 6.08. The van der Waals surface area contributed by atoms with Crippen molar-refractivity contribution in [3.63, 3.8) is 0 Å². The average Bonchev–Trinajstić information content (AvgIpc) is 2.69. The van der Waals surface area contributed by atoms with Gasteiger partial charge in [-0.3, -0.25) is 4.79 Å². The van der Waals surface area contributed by atoms with Gasteiger partial charge in [0.25, 0.3) is 5.91 Å². The molecule has 0 unspecified atom stereocenters. The number of nitrogens with zero attached hydrogens (tertiary/aromatic N) is 1. The number of amides is 1. The van der Waals surface area contributed by atoms with Crippen molar-refractivity contribution in [3.8, 4) is 11.5 Å². The third-order valence-electron chi connectivity index (χ3n) is 3.76. The number of halogens is 3. The molecule has 0 atom stereocenters. The van der Waals surface area contributed by atoms with Crippen LogP contribution >= 0.6 is 0 Å². The first-order valence-corrected chi connectivity index (χ1v) is 8.38. The van der Waals surface area contributed by atoms with Crippen molar-refractivity contribution >= 4 is 23.1 Å². The number of hydrogen-bond donors (Lipinski definition) is 2. The molecule has 1 amide bonds. The first-order chi connectivity index (χ1) is 13.9. The van der Waals surface area contributed by atoms with Crippen LogP contribution in [-0.2, 0) is 0 Å². The SMILES string of the molecule is COc1ccccc1NC(=O)c1cccnc1Nc1ccc(OC(F)(F)F)cc1. The minimum atomic E-state index is -4.76. The molecule has 2 aromatic carbocycles.